The summed E-state index contributed by atoms with van der Waals surface area (Å²) in [5, 5.41) is 0. The fourth-order valence-electron chi connectivity index (χ4n) is 6.83. The van der Waals surface area contributed by atoms with Gasteiger partial charge in [-0.3, -0.25) is 0 Å². The van der Waals surface area contributed by atoms with Crippen molar-refractivity contribution in [3.63, 3.8) is 0 Å². The molecule has 1 aromatic carbocycles. The maximum Gasteiger partial charge on any atom is 0.410 e. The van der Waals surface area contributed by atoms with Gasteiger partial charge < -0.3 is 29.0 Å². The van der Waals surface area contributed by atoms with Crippen molar-refractivity contribution >= 4 is 12.2 Å². The average Bonchev–Trinajstić information content (AvgIpc) is 3.34. The molecule has 1 N–H and O–H groups in total. The Labute approximate surface area is 230 Å². The first kappa shape index (κ1) is 26.0. The zero-order valence-corrected chi connectivity index (χ0v) is 23.5. The van der Waals surface area contributed by atoms with Gasteiger partial charge in [0.05, 0.1) is 18.0 Å². The van der Waals surface area contributed by atoms with E-state index in [0.29, 0.717) is 39.1 Å². The van der Waals surface area contributed by atoms with Gasteiger partial charge in [-0.15, -0.1) is 0 Å². The minimum atomic E-state index is -0.566. The predicted octanol–water partition coefficient (Wildman–Crippen LogP) is 5.95. The summed E-state index contributed by atoms with van der Waals surface area (Å²) < 4.78 is 17.7. The molecule has 1 saturated carbocycles. The number of H-pyrrole nitrogens is 1. The lowest BCUT2D eigenvalue weighted by Gasteiger charge is -2.54. The van der Waals surface area contributed by atoms with Crippen LogP contribution in [0.3, 0.4) is 0 Å². The van der Waals surface area contributed by atoms with Crippen LogP contribution >= 0.6 is 0 Å². The Morgan fingerprint density at radius 3 is 2.51 bits per heavy atom. The van der Waals surface area contributed by atoms with Crippen LogP contribution in [0.2, 0.25) is 0 Å². The number of para-hydroxylation sites is 1. The van der Waals surface area contributed by atoms with E-state index in [1.807, 2.05) is 50.8 Å². The molecule has 1 aliphatic carbocycles. The van der Waals surface area contributed by atoms with Crippen LogP contribution in [0.25, 0.3) is 11.3 Å². The van der Waals surface area contributed by atoms with E-state index in [4.69, 9.17) is 19.2 Å². The van der Waals surface area contributed by atoms with E-state index in [9.17, 15) is 9.59 Å². The van der Waals surface area contributed by atoms with Gasteiger partial charge in [-0.2, -0.15) is 0 Å². The summed E-state index contributed by atoms with van der Waals surface area (Å²) in [4.78, 5) is 38.2. The summed E-state index contributed by atoms with van der Waals surface area (Å²) >= 11 is 0. The van der Waals surface area contributed by atoms with Crippen LogP contribution < -0.4 is 4.74 Å². The molecule has 9 heteroatoms. The topological polar surface area (TPSA) is 97.0 Å². The van der Waals surface area contributed by atoms with Crippen molar-refractivity contribution in [3.05, 3.63) is 35.8 Å². The third-order valence-corrected chi connectivity index (χ3v) is 8.91. The Morgan fingerprint density at radius 2 is 1.85 bits per heavy atom. The number of aromatic amines is 1. The first-order chi connectivity index (χ1) is 18.6. The first-order valence-corrected chi connectivity index (χ1v) is 14.4. The second-order valence-electron chi connectivity index (χ2n) is 12.5. The molecule has 3 fully saturated rings. The SMILES string of the molecule is CCOC(=O)N1CCC2(CC1)Oc1ccccc1-c1nc(C3CCN(C(=O)OC(C)(C)C)C4(CCC4)C3)[nH]c12. The molecule has 1 aromatic heterocycles. The molecule has 4 aliphatic rings. The van der Waals surface area contributed by atoms with E-state index in [0.717, 1.165) is 60.6 Å². The maximum atomic E-state index is 13.1. The molecule has 6 rings (SSSR count). The molecule has 9 nitrogen and oxygen atoms in total. The van der Waals surface area contributed by atoms with E-state index in [1.165, 1.54) is 0 Å². The first-order valence-electron chi connectivity index (χ1n) is 14.4. The molecule has 1 atom stereocenters. The Kier molecular flexibility index (Phi) is 6.31. The highest BCUT2D eigenvalue weighted by Crippen LogP contribution is 2.52. The number of hydrogen-bond donors (Lipinski definition) is 1. The summed E-state index contributed by atoms with van der Waals surface area (Å²) in [6.07, 6.45) is 5.70. The number of carbonyl (C=O) groups excluding carboxylic acids is 2. The summed E-state index contributed by atoms with van der Waals surface area (Å²) in [6.45, 7) is 9.75. The lowest BCUT2D eigenvalue weighted by molar-refractivity contribution is -0.0478. The van der Waals surface area contributed by atoms with E-state index in [1.54, 1.807) is 4.90 Å². The van der Waals surface area contributed by atoms with E-state index in [2.05, 4.69) is 11.1 Å². The Balaban J connectivity index is 1.28. The predicted molar refractivity (Wildman–Crippen MR) is 146 cm³/mol. The molecule has 3 aliphatic heterocycles. The number of carbonyl (C=O) groups is 2. The molecule has 2 spiro atoms. The minimum Gasteiger partial charge on any atom is -0.480 e. The number of nitrogens with zero attached hydrogens (tertiary/aromatic N) is 3. The standard InChI is InChI=1S/C30H40N4O5/c1-5-37-26(35)33-17-14-30(15-18-33)24-23(21-9-6-7-10-22(21)38-30)31-25(32-24)20-11-16-34(27(36)39-28(2,3)4)29(19-20)12-8-13-29/h6-7,9-10,20H,5,8,11-19H2,1-4H3,(H,31,32). The molecular weight excluding hydrogens is 496 g/mol. The number of likely N-dealkylation sites (tertiary alicyclic amines) is 2. The van der Waals surface area contributed by atoms with E-state index in [-0.39, 0.29) is 23.6 Å². The van der Waals surface area contributed by atoms with Crippen LogP contribution in [0.1, 0.15) is 90.1 Å². The van der Waals surface area contributed by atoms with Crippen molar-refractivity contribution in [3.8, 4) is 17.0 Å². The fraction of sp³-hybridized carbons (Fsp3) is 0.633. The van der Waals surface area contributed by atoms with Gasteiger partial charge in [0.2, 0.25) is 0 Å². The van der Waals surface area contributed by atoms with Gasteiger partial charge in [-0.05, 0) is 71.9 Å². The van der Waals surface area contributed by atoms with Crippen molar-refractivity contribution in [2.45, 2.75) is 95.3 Å². The third kappa shape index (κ3) is 4.53. The summed E-state index contributed by atoms with van der Waals surface area (Å²) in [5.41, 5.74) is 1.73. The zero-order valence-electron chi connectivity index (χ0n) is 23.5. The fourth-order valence-corrected chi connectivity index (χ4v) is 6.83. The highest BCUT2D eigenvalue weighted by Gasteiger charge is 2.52. The van der Waals surface area contributed by atoms with Gasteiger partial charge in [0, 0.05) is 49.5 Å². The van der Waals surface area contributed by atoms with Crippen molar-refractivity contribution in [1.29, 1.82) is 0 Å². The van der Waals surface area contributed by atoms with Crippen LogP contribution in [0.4, 0.5) is 9.59 Å². The lowest BCUT2D eigenvalue weighted by atomic mass is 9.67. The van der Waals surface area contributed by atoms with Crippen LogP contribution in [0.5, 0.6) is 5.75 Å². The molecule has 0 bridgehead atoms. The van der Waals surface area contributed by atoms with Gasteiger partial charge >= 0.3 is 12.2 Å². The number of hydrogen-bond acceptors (Lipinski definition) is 6. The largest absolute Gasteiger partial charge is 0.480 e. The van der Waals surface area contributed by atoms with Crippen LogP contribution in [0, 0.1) is 0 Å². The second-order valence-corrected chi connectivity index (χ2v) is 12.5. The number of fused-ring (bicyclic) bond motifs is 4. The Morgan fingerprint density at radius 1 is 1.10 bits per heavy atom. The normalized spacial score (nSPS) is 22.9. The monoisotopic (exact) mass is 536 g/mol. The number of imidazole rings is 1. The van der Waals surface area contributed by atoms with Gasteiger partial charge in [0.25, 0.3) is 0 Å². The molecular formula is C30H40N4O5. The van der Waals surface area contributed by atoms with Crippen LogP contribution in [-0.2, 0) is 15.1 Å². The highest BCUT2D eigenvalue weighted by molar-refractivity contribution is 5.73. The molecule has 4 heterocycles. The minimum absolute atomic E-state index is 0.157. The van der Waals surface area contributed by atoms with Crippen molar-refractivity contribution < 1.29 is 23.8 Å². The Bertz CT molecular complexity index is 1250. The second kappa shape index (κ2) is 9.45. The average molecular weight is 537 g/mol. The van der Waals surface area contributed by atoms with Crippen LogP contribution in [0.15, 0.2) is 24.3 Å². The maximum absolute atomic E-state index is 13.1. The molecule has 2 aromatic rings. The zero-order chi connectivity index (χ0) is 27.4. The number of ether oxygens (including phenoxy) is 3. The van der Waals surface area contributed by atoms with Gasteiger partial charge in [0.1, 0.15) is 17.2 Å². The number of aromatic nitrogens is 2. The Hall–Kier alpha value is -3.23. The van der Waals surface area contributed by atoms with Gasteiger partial charge in [-0.1, -0.05) is 12.1 Å². The number of rotatable bonds is 2. The third-order valence-electron chi connectivity index (χ3n) is 8.91. The number of piperidine rings is 2. The van der Waals surface area contributed by atoms with Gasteiger partial charge in [-0.25, -0.2) is 14.6 Å². The molecule has 0 radical (unpaired) electrons. The summed E-state index contributed by atoms with van der Waals surface area (Å²) in [6, 6.07) is 8.09. The number of amides is 2. The highest BCUT2D eigenvalue weighted by atomic mass is 16.6. The summed E-state index contributed by atoms with van der Waals surface area (Å²) in [7, 11) is 0. The van der Waals surface area contributed by atoms with Crippen molar-refractivity contribution in [2.75, 3.05) is 26.2 Å². The van der Waals surface area contributed by atoms with Crippen molar-refractivity contribution in [2.24, 2.45) is 0 Å². The smallest absolute Gasteiger partial charge is 0.410 e. The molecule has 39 heavy (non-hydrogen) atoms. The van der Waals surface area contributed by atoms with Crippen molar-refractivity contribution in [1.82, 2.24) is 19.8 Å². The number of benzene rings is 1. The van der Waals surface area contributed by atoms with E-state index >= 15 is 0 Å². The van der Waals surface area contributed by atoms with E-state index < -0.39 is 11.2 Å². The quantitative estimate of drug-likeness (QED) is 0.509. The molecule has 210 valence electrons. The summed E-state index contributed by atoms with van der Waals surface area (Å²) in [5.74, 6) is 2.03. The molecule has 2 saturated heterocycles. The van der Waals surface area contributed by atoms with Crippen LogP contribution in [-0.4, -0.2) is 69.3 Å². The number of nitrogens with one attached hydrogen (secondary N) is 1. The molecule has 2 amide bonds. The van der Waals surface area contributed by atoms with Gasteiger partial charge in [0.15, 0.2) is 5.60 Å². The molecule has 1 unspecified atom stereocenters. The lowest BCUT2D eigenvalue weighted by Crippen LogP contribution is -2.60.